The zero-order valence-corrected chi connectivity index (χ0v) is 12.9. The van der Waals surface area contributed by atoms with Gasteiger partial charge >= 0.3 is 5.97 Å². The van der Waals surface area contributed by atoms with Crippen LogP contribution in [0.15, 0.2) is 0 Å². The summed E-state index contributed by atoms with van der Waals surface area (Å²) in [7, 11) is 0. The summed E-state index contributed by atoms with van der Waals surface area (Å²) in [6.07, 6.45) is 5.47. The van der Waals surface area contributed by atoms with Crippen molar-refractivity contribution in [3.8, 4) is 0 Å². The number of aliphatic hydroxyl groups excluding tert-OH is 1. The molecule has 1 amide bonds. The van der Waals surface area contributed by atoms with Crippen molar-refractivity contribution in [3.05, 3.63) is 0 Å². The topological polar surface area (TPSA) is 77.8 Å². The summed E-state index contributed by atoms with van der Waals surface area (Å²) in [6.45, 7) is 2.96. The van der Waals surface area contributed by atoms with Crippen molar-refractivity contribution in [3.63, 3.8) is 0 Å². The molecular weight excluding hydrogens is 270 g/mol. The first-order valence-corrected chi connectivity index (χ1v) is 8.14. The average Bonchev–Trinajstić information content (AvgIpc) is 2.68. The number of carbonyl (C=O) groups excluding carboxylic acids is 1. The molecule has 0 radical (unpaired) electrons. The molecule has 1 saturated heterocycles. The number of aliphatic carboxylic acids is 1. The molecule has 0 aromatic carbocycles. The van der Waals surface area contributed by atoms with Crippen LogP contribution < -0.4 is 0 Å². The van der Waals surface area contributed by atoms with Crippen LogP contribution in [-0.4, -0.2) is 46.2 Å². The van der Waals surface area contributed by atoms with E-state index in [0.29, 0.717) is 25.9 Å². The van der Waals surface area contributed by atoms with Crippen LogP contribution in [0, 0.1) is 11.3 Å². The second-order valence-electron chi connectivity index (χ2n) is 6.85. The summed E-state index contributed by atoms with van der Waals surface area (Å²) in [5.74, 6) is -0.728. The van der Waals surface area contributed by atoms with E-state index in [1.807, 2.05) is 6.92 Å². The van der Waals surface area contributed by atoms with Crippen LogP contribution in [0.5, 0.6) is 0 Å². The van der Waals surface area contributed by atoms with E-state index in [1.54, 1.807) is 4.90 Å². The van der Waals surface area contributed by atoms with Crippen molar-refractivity contribution in [1.29, 1.82) is 0 Å². The fraction of sp³-hybridized carbons (Fsp3) is 0.875. The SMILES string of the molecule is CC1CCN(C(=O)CC2(C(=O)O)CCCCCC2)CC1O. The lowest BCUT2D eigenvalue weighted by Crippen LogP contribution is -2.48. The molecule has 2 unspecified atom stereocenters. The van der Waals surface area contributed by atoms with E-state index >= 15 is 0 Å². The third-order valence-electron chi connectivity index (χ3n) is 5.28. The lowest BCUT2D eigenvalue weighted by atomic mass is 9.77. The third-order valence-corrected chi connectivity index (χ3v) is 5.28. The Kier molecular flexibility index (Phi) is 5.25. The summed E-state index contributed by atoms with van der Waals surface area (Å²) in [5, 5.41) is 19.5. The van der Waals surface area contributed by atoms with Gasteiger partial charge in [0.2, 0.25) is 5.91 Å². The quantitative estimate of drug-likeness (QED) is 0.781. The minimum atomic E-state index is -0.887. The normalized spacial score (nSPS) is 29.7. The highest BCUT2D eigenvalue weighted by Crippen LogP contribution is 2.39. The molecule has 2 fully saturated rings. The fourth-order valence-corrected chi connectivity index (χ4v) is 3.55. The molecule has 2 rings (SSSR count). The van der Waals surface area contributed by atoms with Crippen LogP contribution >= 0.6 is 0 Å². The highest BCUT2D eigenvalue weighted by atomic mass is 16.4. The largest absolute Gasteiger partial charge is 0.481 e. The molecule has 0 bridgehead atoms. The van der Waals surface area contributed by atoms with Gasteiger partial charge in [-0.3, -0.25) is 9.59 Å². The van der Waals surface area contributed by atoms with Gasteiger partial charge in [0.15, 0.2) is 0 Å². The maximum atomic E-state index is 12.5. The molecule has 120 valence electrons. The van der Waals surface area contributed by atoms with E-state index in [4.69, 9.17) is 0 Å². The second-order valence-corrected chi connectivity index (χ2v) is 6.85. The van der Waals surface area contributed by atoms with Crippen LogP contribution in [0.1, 0.15) is 58.3 Å². The lowest BCUT2D eigenvalue weighted by molar-refractivity contribution is -0.155. The Balaban J connectivity index is 2.03. The minimum Gasteiger partial charge on any atom is -0.481 e. The first-order valence-electron chi connectivity index (χ1n) is 8.14. The first-order chi connectivity index (χ1) is 9.94. The van der Waals surface area contributed by atoms with Crippen LogP contribution in [0.25, 0.3) is 0 Å². The van der Waals surface area contributed by atoms with Crippen LogP contribution in [-0.2, 0) is 9.59 Å². The number of hydrogen-bond acceptors (Lipinski definition) is 3. The molecule has 1 aliphatic carbocycles. The third kappa shape index (κ3) is 3.76. The average molecular weight is 297 g/mol. The van der Waals surface area contributed by atoms with E-state index in [9.17, 15) is 19.8 Å². The Bertz CT molecular complexity index is 388. The van der Waals surface area contributed by atoms with Crippen molar-refractivity contribution in [2.24, 2.45) is 11.3 Å². The minimum absolute atomic E-state index is 0.0867. The van der Waals surface area contributed by atoms with E-state index in [2.05, 4.69) is 0 Å². The van der Waals surface area contributed by atoms with Gasteiger partial charge in [-0.05, 0) is 25.2 Å². The molecule has 1 aliphatic heterocycles. The molecule has 0 aromatic heterocycles. The van der Waals surface area contributed by atoms with E-state index in [1.165, 1.54) is 0 Å². The van der Waals surface area contributed by atoms with Gasteiger partial charge in [-0.1, -0.05) is 32.6 Å². The Labute approximate surface area is 126 Å². The lowest BCUT2D eigenvalue weighted by Gasteiger charge is -2.36. The number of carboxylic acid groups (broad SMARTS) is 1. The molecule has 2 atom stereocenters. The fourth-order valence-electron chi connectivity index (χ4n) is 3.55. The summed E-state index contributed by atoms with van der Waals surface area (Å²) < 4.78 is 0. The standard InChI is InChI=1S/C16H27NO4/c1-12-6-9-17(11-13(12)18)14(19)10-16(15(20)21)7-4-2-3-5-8-16/h12-13,18H,2-11H2,1H3,(H,20,21). The van der Waals surface area contributed by atoms with E-state index < -0.39 is 17.5 Å². The maximum absolute atomic E-state index is 12.5. The first kappa shape index (κ1) is 16.3. The van der Waals surface area contributed by atoms with Gasteiger partial charge in [-0.2, -0.15) is 0 Å². The number of β-amino-alcohol motifs (C(OH)–C–C–N with tert-alkyl or cyclic N) is 1. The molecule has 1 heterocycles. The van der Waals surface area contributed by atoms with Gasteiger partial charge < -0.3 is 15.1 Å². The second kappa shape index (κ2) is 6.77. The molecule has 5 nitrogen and oxygen atoms in total. The van der Waals surface area contributed by atoms with Crippen LogP contribution in [0.3, 0.4) is 0 Å². The van der Waals surface area contributed by atoms with Gasteiger partial charge in [0.05, 0.1) is 11.5 Å². The van der Waals surface area contributed by atoms with Crippen molar-refractivity contribution in [2.75, 3.05) is 13.1 Å². The molecular formula is C16H27NO4. The number of carboxylic acids is 1. The molecule has 0 spiro atoms. The molecule has 2 aliphatic rings. The molecule has 2 N–H and O–H groups in total. The van der Waals surface area contributed by atoms with Crippen molar-refractivity contribution >= 4 is 11.9 Å². The number of carbonyl (C=O) groups is 2. The predicted molar refractivity (Wildman–Crippen MR) is 78.8 cm³/mol. The summed E-state index contributed by atoms with van der Waals surface area (Å²) >= 11 is 0. The Hall–Kier alpha value is -1.10. The summed E-state index contributed by atoms with van der Waals surface area (Å²) in [6, 6.07) is 0. The number of nitrogens with zero attached hydrogens (tertiary/aromatic N) is 1. The zero-order valence-electron chi connectivity index (χ0n) is 12.9. The Morgan fingerprint density at radius 1 is 1.19 bits per heavy atom. The van der Waals surface area contributed by atoms with Gasteiger partial charge in [0.25, 0.3) is 0 Å². The van der Waals surface area contributed by atoms with Gasteiger partial charge in [-0.15, -0.1) is 0 Å². The maximum Gasteiger partial charge on any atom is 0.310 e. The summed E-state index contributed by atoms with van der Waals surface area (Å²) in [5.41, 5.74) is -0.887. The predicted octanol–water partition coefficient (Wildman–Crippen LogP) is 2.03. The molecule has 0 aromatic rings. The Morgan fingerprint density at radius 2 is 1.81 bits per heavy atom. The number of aliphatic hydroxyl groups is 1. The van der Waals surface area contributed by atoms with Crippen molar-refractivity contribution in [2.45, 2.75) is 64.4 Å². The van der Waals surface area contributed by atoms with E-state index in [0.717, 1.165) is 32.1 Å². The van der Waals surface area contributed by atoms with Crippen molar-refractivity contribution in [1.82, 2.24) is 4.90 Å². The number of amides is 1. The highest BCUT2D eigenvalue weighted by Gasteiger charge is 2.42. The van der Waals surface area contributed by atoms with Crippen LogP contribution in [0.4, 0.5) is 0 Å². The number of piperidine rings is 1. The molecule has 21 heavy (non-hydrogen) atoms. The number of rotatable bonds is 3. The zero-order chi connectivity index (χ0) is 15.5. The molecule has 5 heteroatoms. The van der Waals surface area contributed by atoms with Gasteiger partial charge in [0, 0.05) is 19.5 Å². The van der Waals surface area contributed by atoms with Gasteiger partial charge in [-0.25, -0.2) is 0 Å². The highest BCUT2D eigenvalue weighted by molar-refractivity contribution is 5.85. The number of hydrogen-bond donors (Lipinski definition) is 2. The molecule has 1 saturated carbocycles. The van der Waals surface area contributed by atoms with Crippen LogP contribution in [0.2, 0.25) is 0 Å². The van der Waals surface area contributed by atoms with Gasteiger partial charge in [0.1, 0.15) is 0 Å². The summed E-state index contributed by atoms with van der Waals surface area (Å²) in [4.78, 5) is 25.9. The van der Waals surface area contributed by atoms with Crippen molar-refractivity contribution < 1.29 is 19.8 Å². The number of likely N-dealkylation sites (tertiary alicyclic amines) is 1. The smallest absolute Gasteiger partial charge is 0.310 e. The monoisotopic (exact) mass is 297 g/mol. The Morgan fingerprint density at radius 3 is 2.33 bits per heavy atom. The van der Waals surface area contributed by atoms with E-state index in [-0.39, 0.29) is 18.2 Å².